The molecule has 0 radical (unpaired) electrons. The minimum absolute atomic E-state index is 0.0145. The van der Waals surface area contributed by atoms with Gasteiger partial charge in [0.1, 0.15) is 13.2 Å². The minimum atomic E-state index is -0.759. The molecule has 10 nitrogen and oxygen atoms in total. The number of carbonyl (C=O) groups is 4. The SMILES string of the molecule is CC(C)OC(=O)N[C@H](COC(=O)/C=C/C(=O)OC[C@@H](NC(=O)OC(C)C)C(C)C)C(C)C. The van der Waals surface area contributed by atoms with Crippen LogP contribution >= 0.6 is 0 Å². The molecule has 10 heteroatoms. The van der Waals surface area contributed by atoms with Crippen LogP contribution in [0.3, 0.4) is 0 Å². The zero-order valence-corrected chi connectivity index (χ0v) is 20.3. The third kappa shape index (κ3) is 14.3. The largest absolute Gasteiger partial charge is 0.460 e. The third-order valence-electron chi connectivity index (χ3n) is 4.07. The Hall–Kier alpha value is -2.78. The molecule has 0 bridgehead atoms. The number of alkyl carbamates (subject to hydrolysis) is 2. The number of hydrogen-bond acceptors (Lipinski definition) is 8. The first-order chi connectivity index (χ1) is 14.8. The van der Waals surface area contributed by atoms with Crippen LogP contribution in [-0.4, -0.2) is 61.6 Å². The topological polar surface area (TPSA) is 129 Å². The Bertz CT molecular complexity index is 590. The number of amides is 2. The van der Waals surface area contributed by atoms with Crippen molar-refractivity contribution in [2.45, 2.75) is 79.7 Å². The Morgan fingerprint density at radius 1 is 0.625 bits per heavy atom. The van der Waals surface area contributed by atoms with E-state index in [0.29, 0.717) is 0 Å². The number of nitrogens with one attached hydrogen (secondary N) is 2. The van der Waals surface area contributed by atoms with E-state index in [1.807, 2.05) is 27.7 Å². The molecule has 0 aliphatic carbocycles. The van der Waals surface area contributed by atoms with E-state index in [1.54, 1.807) is 27.7 Å². The normalized spacial score (nSPS) is 13.2. The molecule has 0 aromatic heterocycles. The van der Waals surface area contributed by atoms with Gasteiger partial charge in [-0.15, -0.1) is 0 Å². The van der Waals surface area contributed by atoms with Gasteiger partial charge in [-0.1, -0.05) is 27.7 Å². The molecule has 0 spiro atoms. The predicted octanol–water partition coefficient (Wildman–Crippen LogP) is 2.95. The average Bonchev–Trinajstić information content (AvgIpc) is 2.64. The van der Waals surface area contributed by atoms with Gasteiger partial charge >= 0.3 is 24.1 Å². The molecule has 0 aliphatic heterocycles. The third-order valence-corrected chi connectivity index (χ3v) is 4.07. The number of hydrogen-bond donors (Lipinski definition) is 2. The standard InChI is InChI=1S/C22H38N2O8/c1-13(2)17(23-21(27)31-15(5)6)11-29-19(25)9-10-20(26)30-12-18(14(3)4)24-22(28)32-16(7)8/h9-10,13-18H,11-12H2,1-8H3,(H,23,27)(H,24,28)/b10-9+/t17-,18-/m1/s1. The summed E-state index contributed by atoms with van der Waals surface area (Å²) in [6.07, 6.45) is 0.142. The van der Waals surface area contributed by atoms with Crippen molar-refractivity contribution in [3.8, 4) is 0 Å². The fourth-order valence-corrected chi connectivity index (χ4v) is 2.18. The van der Waals surface area contributed by atoms with Gasteiger partial charge in [-0.05, 0) is 39.5 Å². The number of ether oxygens (including phenoxy) is 4. The van der Waals surface area contributed by atoms with Crippen LogP contribution in [0.2, 0.25) is 0 Å². The van der Waals surface area contributed by atoms with Crippen LogP contribution in [0, 0.1) is 11.8 Å². The van der Waals surface area contributed by atoms with Crippen LogP contribution in [0.25, 0.3) is 0 Å². The highest BCUT2D eigenvalue weighted by Gasteiger charge is 2.21. The highest BCUT2D eigenvalue weighted by molar-refractivity contribution is 5.91. The summed E-state index contributed by atoms with van der Waals surface area (Å²) in [6, 6.07) is -0.900. The molecule has 0 aromatic carbocycles. The Morgan fingerprint density at radius 2 is 0.938 bits per heavy atom. The maximum absolute atomic E-state index is 11.9. The number of carbonyl (C=O) groups excluding carboxylic acids is 4. The van der Waals surface area contributed by atoms with Crippen molar-refractivity contribution in [2.75, 3.05) is 13.2 Å². The van der Waals surface area contributed by atoms with E-state index in [-0.39, 0.29) is 37.3 Å². The Morgan fingerprint density at radius 3 is 1.19 bits per heavy atom. The van der Waals surface area contributed by atoms with Crippen molar-refractivity contribution in [1.29, 1.82) is 0 Å². The average molecular weight is 459 g/mol. The summed E-state index contributed by atoms with van der Waals surface area (Å²) in [5.74, 6) is -1.55. The maximum atomic E-state index is 11.9. The molecule has 184 valence electrons. The van der Waals surface area contributed by atoms with Gasteiger partial charge in [0.2, 0.25) is 0 Å². The van der Waals surface area contributed by atoms with Gasteiger partial charge in [-0.25, -0.2) is 19.2 Å². The summed E-state index contributed by atoms with van der Waals surface area (Å²) in [7, 11) is 0. The molecule has 0 fully saturated rings. The summed E-state index contributed by atoms with van der Waals surface area (Å²) in [5, 5.41) is 5.28. The highest BCUT2D eigenvalue weighted by Crippen LogP contribution is 2.05. The zero-order valence-electron chi connectivity index (χ0n) is 20.3. The number of rotatable bonds is 12. The van der Waals surface area contributed by atoms with Crippen molar-refractivity contribution in [3.05, 3.63) is 12.2 Å². The second-order valence-corrected chi connectivity index (χ2v) is 8.49. The maximum Gasteiger partial charge on any atom is 0.407 e. The molecule has 0 unspecified atom stereocenters. The molecule has 2 N–H and O–H groups in total. The van der Waals surface area contributed by atoms with E-state index in [4.69, 9.17) is 18.9 Å². The first-order valence-corrected chi connectivity index (χ1v) is 10.8. The monoisotopic (exact) mass is 458 g/mol. The molecule has 0 rings (SSSR count). The van der Waals surface area contributed by atoms with E-state index in [0.717, 1.165) is 12.2 Å². The fourth-order valence-electron chi connectivity index (χ4n) is 2.18. The summed E-state index contributed by atoms with van der Waals surface area (Å²) in [6.45, 7) is 14.2. The van der Waals surface area contributed by atoms with Gasteiger partial charge in [0.25, 0.3) is 0 Å². The van der Waals surface area contributed by atoms with Crippen molar-refractivity contribution >= 4 is 24.1 Å². The van der Waals surface area contributed by atoms with E-state index in [1.165, 1.54) is 0 Å². The molecule has 0 aromatic rings. The highest BCUT2D eigenvalue weighted by atomic mass is 16.6. The lowest BCUT2D eigenvalue weighted by Crippen LogP contribution is -2.43. The molecule has 32 heavy (non-hydrogen) atoms. The van der Waals surface area contributed by atoms with Gasteiger partial charge in [-0.2, -0.15) is 0 Å². The summed E-state index contributed by atoms with van der Waals surface area (Å²) < 4.78 is 20.2. The van der Waals surface area contributed by atoms with Gasteiger partial charge < -0.3 is 29.6 Å². The lowest BCUT2D eigenvalue weighted by Gasteiger charge is -2.22. The van der Waals surface area contributed by atoms with E-state index in [9.17, 15) is 19.2 Å². The van der Waals surface area contributed by atoms with Crippen LogP contribution < -0.4 is 10.6 Å². The van der Waals surface area contributed by atoms with E-state index >= 15 is 0 Å². The quantitative estimate of drug-likeness (QED) is 0.259. The second-order valence-electron chi connectivity index (χ2n) is 8.49. The number of esters is 2. The van der Waals surface area contributed by atoms with E-state index in [2.05, 4.69) is 10.6 Å². The van der Waals surface area contributed by atoms with Crippen molar-refractivity contribution in [2.24, 2.45) is 11.8 Å². The Labute approximate surface area is 190 Å². The van der Waals surface area contributed by atoms with Crippen LogP contribution in [0.5, 0.6) is 0 Å². The molecule has 0 saturated carbocycles. The van der Waals surface area contributed by atoms with Gasteiger partial charge in [0, 0.05) is 12.2 Å². The molecule has 0 saturated heterocycles. The molecule has 2 amide bonds. The molecular weight excluding hydrogens is 420 g/mol. The first kappa shape index (κ1) is 29.2. The smallest absolute Gasteiger partial charge is 0.407 e. The van der Waals surface area contributed by atoms with Crippen molar-refractivity contribution in [1.82, 2.24) is 10.6 Å². The van der Waals surface area contributed by atoms with Crippen LogP contribution in [0.4, 0.5) is 9.59 Å². The minimum Gasteiger partial charge on any atom is -0.460 e. The van der Waals surface area contributed by atoms with Crippen molar-refractivity contribution in [3.63, 3.8) is 0 Å². The Kier molecular flexibility index (Phi) is 13.8. The molecule has 0 heterocycles. The first-order valence-electron chi connectivity index (χ1n) is 10.8. The summed E-state index contributed by atoms with van der Waals surface area (Å²) >= 11 is 0. The fraction of sp³-hybridized carbons (Fsp3) is 0.727. The van der Waals surface area contributed by atoms with Crippen LogP contribution in [0.15, 0.2) is 12.2 Å². The molecule has 2 atom stereocenters. The van der Waals surface area contributed by atoms with Gasteiger partial charge in [0.05, 0.1) is 24.3 Å². The Balaban J connectivity index is 4.55. The zero-order chi connectivity index (χ0) is 24.8. The summed E-state index contributed by atoms with van der Waals surface area (Å²) in [5.41, 5.74) is 0. The lowest BCUT2D eigenvalue weighted by molar-refractivity contribution is -0.141. The van der Waals surface area contributed by atoms with Crippen LogP contribution in [0.1, 0.15) is 55.4 Å². The van der Waals surface area contributed by atoms with Gasteiger partial charge in [-0.3, -0.25) is 0 Å². The summed E-state index contributed by atoms with van der Waals surface area (Å²) in [4.78, 5) is 47.3. The van der Waals surface area contributed by atoms with Gasteiger partial charge in [0.15, 0.2) is 0 Å². The van der Waals surface area contributed by atoms with Crippen molar-refractivity contribution < 1.29 is 38.1 Å². The second kappa shape index (κ2) is 15.1. The van der Waals surface area contributed by atoms with E-state index < -0.39 is 36.2 Å². The van der Waals surface area contributed by atoms with Crippen LogP contribution in [-0.2, 0) is 28.5 Å². The molecule has 0 aliphatic rings. The predicted molar refractivity (Wildman–Crippen MR) is 118 cm³/mol. The molecular formula is C22H38N2O8. The lowest BCUT2D eigenvalue weighted by atomic mass is 10.1.